The van der Waals surface area contributed by atoms with Crippen molar-refractivity contribution >= 4 is 0 Å². The van der Waals surface area contributed by atoms with Crippen LogP contribution in [0.3, 0.4) is 0 Å². The Hall–Kier alpha value is -0.800. The summed E-state index contributed by atoms with van der Waals surface area (Å²) >= 11 is 0. The zero-order valence-corrected chi connectivity index (χ0v) is 4.70. The molecule has 0 unspecified atom stereocenters. The summed E-state index contributed by atoms with van der Waals surface area (Å²) in [4.78, 5) is 0. The fourth-order valence-corrected chi connectivity index (χ4v) is 0.287. The molecule has 0 aromatic rings. The maximum absolute atomic E-state index is 8.46. The van der Waals surface area contributed by atoms with E-state index in [-0.39, 0.29) is 0 Å². The summed E-state index contributed by atoms with van der Waals surface area (Å²) in [6.45, 7) is 3.00. The summed E-state index contributed by atoms with van der Waals surface area (Å²) < 4.78 is 0. The van der Waals surface area contributed by atoms with Crippen LogP contribution in [0.5, 0.6) is 0 Å². The van der Waals surface area contributed by atoms with Gasteiger partial charge in [-0.3, -0.25) is 0 Å². The molecule has 52 valence electrons. The highest BCUT2D eigenvalue weighted by atomic mass is 16.7. The highest BCUT2D eigenvalue weighted by molar-refractivity contribution is 4.87. The molecule has 0 saturated carbocycles. The monoisotopic (exact) mass is 132 g/mol. The first kappa shape index (κ1) is 8.20. The van der Waals surface area contributed by atoms with E-state index in [2.05, 4.69) is 6.58 Å². The minimum Gasteiger partial charge on any atom is -0.504 e. The molecule has 0 aromatic heterocycles. The van der Waals surface area contributed by atoms with Crippen molar-refractivity contribution in [3.8, 4) is 0 Å². The number of aliphatic hydroxyl groups is 4. The van der Waals surface area contributed by atoms with Gasteiger partial charge in [-0.25, -0.2) is 0 Å². The van der Waals surface area contributed by atoms with Crippen LogP contribution in [0.4, 0.5) is 0 Å². The molecule has 0 amide bonds. The molecule has 0 aliphatic heterocycles. The maximum atomic E-state index is 8.46. The van der Waals surface area contributed by atoms with Gasteiger partial charge in [-0.1, -0.05) is 12.3 Å². The lowest BCUT2D eigenvalue weighted by Crippen LogP contribution is -2.27. The van der Waals surface area contributed by atoms with Crippen molar-refractivity contribution in [2.24, 2.45) is 0 Å². The molecule has 0 rings (SSSR count). The van der Waals surface area contributed by atoms with Crippen LogP contribution >= 0.6 is 0 Å². The van der Waals surface area contributed by atoms with Crippen LogP contribution in [0.2, 0.25) is 0 Å². The Balaban J connectivity index is 3.89. The van der Waals surface area contributed by atoms with Gasteiger partial charge in [-0.15, -0.1) is 0 Å². The Labute approximate surface area is 52.0 Å². The van der Waals surface area contributed by atoms with E-state index < -0.39 is 18.2 Å². The molecule has 9 heavy (non-hydrogen) atoms. The van der Waals surface area contributed by atoms with Gasteiger partial charge in [0, 0.05) is 0 Å². The van der Waals surface area contributed by atoms with Crippen LogP contribution in [0.1, 0.15) is 6.42 Å². The standard InChI is InChI=1S/C5H8O4/c1-2-4(6)3-5(7,8)9/h6-9H,1,3H2. The third kappa shape index (κ3) is 5.06. The van der Waals surface area contributed by atoms with E-state index in [1.807, 2.05) is 5.73 Å². The lowest BCUT2D eigenvalue weighted by Gasteiger charge is -2.10. The van der Waals surface area contributed by atoms with Gasteiger partial charge in [0.2, 0.25) is 0 Å². The third-order valence-electron chi connectivity index (χ3n) is 0.609. The highest BCUT2D eigenvalue weighted by Gasteiger charge is 2.19. The highest BCUT2D eigenvalue weighted by Crippen LogP contribution is 2.05. The lowest BCUT2D eigenvalue weighted by atomic mass is 10.3. The second kappa shape index (κ2) is 2.66. The van der Waals surface area contributed by atoms with Crippen molar-refractivity contribution in [3.05, 3.63) is 18.1 Å². The maximum Gasteiger partial charge on any atom is 0.283 e. The molecule has 4 nitrogen and oxygen atoms in total. The van der Waals surface area contributed by atoms with Crippen LogP contribution in [-0.2, 0) is 0 Å². The van der Waals surface area contributed by atoms with Crippen molar-refractivity contribution in [3.63, 3.8) is 0 Å². The van der Waals surface area contributed by atoms with Gasteiger partial charge < -0.3 is 20.4 Å². The predicted octanol–water partition coefficient (Wildman–Crippen LogP) is -0.766. The molecule has 4 N–H and O–H groups in total. The van der Waals surface area contributed by atoms with E-state index in [1.165, 1.54) is 0 Å². The molecule has 0 spiro atoms. The van der Waals surface area contributed by atoms with Crippen LogP contribution in [-0.4, -0.2) is 26.4 Å². The summed E-state index contributed by atoms with van der Waals surface area (Å²) in [5.41, 5.74) is 1.96. The Morgan fingerprint density at radius 3 is 2.00 bits per heavy atom. The molecule has 0 saturated heterocycles. The summed E-state index contributed by atoms with van der Waals surface area (Å²) in [7, 11) is 0. The van der Waals surface area contributed by atoms with E-state index in [4.69, 9.17) is 20.4 Å². The Bertz CT molecular complexity index is 138. The molecule has 0 aliphatic carbocycles. The molecule has 0 aromatic carbocycles. The zero-order chi connectivity index (χ0) is 7.49. The number of aliphatic hydroxyl groups excluding tert-OH is 1. The number of rotatable bonds is 2. The van der Waals surface area contributed by atoms with E-state index in [0.29, 0.717) is 0 Å². The first-order valence-electron chi connectivity index (χ1n) is 2.21. The fraction of sp³-hybridized carbons (Fsp3) is 0.400. The number of hydrogen-bond acceptors (Lipinski definition) is 4. The van der Waals surface area contributed by atoms with Crippen molar-refractivity contribution in [1.82, 2.24) is 0 Å². The average Bonchev–Trinajstić information content (AvgIpc) is 1.62. The van der Waals surface area contributed by atoms with Crippen molar-refractivity contribution in [2.45, 2.75) is 12.4 Å². The lowest BCUT2D eigenvalue weighted by molar-refractivity contribution is -0.311. The predicted molar refractivity (Wildman–Crippen MR) is 29.3 cm³/mol. The van der Waals surface area contributed by atoms with E-state index in [9.17, 15) is 0 Å². The van der Waals surface area contributed by atoms with Gasteiger partial charge in [0.1, 0.15) is 5.76 Å². The van der Waals surface area contributed by atoms with Crippen molar-refractivity contribution in [2.75, 3.05) is 0 Å². The van der Waals surface area contributed by atoms with Crippen molar-refractivity contribution < 1.29 is 20.4 Å². The van der Waals surface area contributed by atoms with Crippen molar-refractivity contribution in [1.29, 1.82) is 0 Å². The van der Waals surface area contributed by atoms with Gasteiger partial charge in [-0.2, -0.15) is 0 Å². The topological polar surface area (TPSA) is 80.9 Å². The molecular weight excluding hydrogens is 124 g/mol. The summed E-state index contributed by atoms with van der Waals surface area (Å²) in [5.74, 6) is -3.36. The van der Waals surface area contributed by atoms with E-state index in [0.717, 1.165) is 0 Å². The molecule has 0 atom stereocenters. The average molecular weight is 132 g/mol. The summed E-state index contributed by atoms with van der Waals surface area (Å²) in [6.07, 6.45) is -0.684. The molecule has 0 aliphatic rings. The van der Waals surface area contributed by atoms with Gasteiger partial charge in [0.25, 0.3) is 5.97 Å². The Morgan fingerprint density at radius 1 is 1.44 bits per heavy atom. The largest absolute Gasteiger partial charge is 0.504 e. The van der Waals surface area contributed by atoms with Gasteiger partial charge >= 0.3 is 0 Å². The first-order chi connectivity index (χ1) is 3.95. The number of hydrogen-bond donors (Lipinski definition) is 4. The Morgan fingerprint density at radius 2 is 1.89 bits per heavy atom. The molecule has 0 heterocycles. The van der Waals surface area contributed by atoms with Gasteiger partial charge in [-0.05, 0) is 0 Å². The normalized spacial score (nSPS) is 10.6. The molecular formula is C5H8O4. The minimum absolute atomic E-state index is 0.498. The molecule has 0 bridgehead atoms. The van der Waals surface area contributed by atoms with Gasteiger partial charge in [0.15, 0.2) is 0 Å². The molecule has 4 heteroatoms. The molecule has 0 fully saturated rings. The fourth-order valence-electron chi connectivity index (χ4n) is 0.287. The minimum atomic E-state index is -2.87. The molecule has 0 radical (unpaired) electrons. The van der Waals surface area contributed by atoms with Gasteiger partial charge in [0.05, 0.1) is 6.42 Å². The van der Waals surface area contributed by atoms with Crippen LogP contribution in [0, 0.1) is 0 Å². The third-order valence-corrected chi connectivity index (χ3v) is 0.609. The SMILES string of the molecule is C=C=C(O)CC(O)(O)O. The van der Waals surface area contributed by atoms with E-state index in [1.54, 1.807) is 0 Å². The quantitative estimate of drug-likeness (QED) is 0.226. The van der Waals surface area contributed by atoms with Crippen LogP contribution < -0.4 is 0 Å². The summed E-state index contributed by atoms with van der Waals surface area (Å²) in [5, 5.41) is 33.0. The second-order valence-electron chi connectivity index (χ2n) is 1.57. The summed E-state index contributed by atoms with van der Waals surface area (Å²) in [6, 6.07) is 0. The smallest absolute Gasteiger partial charge is 0.283 e. The van der Waals surface area contributed by atoms with Crippen LogP contribution in [0.25, 0.3) is 0 Å². The Kier molecular flexibility index (Phi) is 2.42. The first-order valence-corrected chi connectivity index (χ1v) is 2.21. The van der Waals surface area contributed by atoms with E-state index >= 15 is 0 Å². The van der Waals surface area contributed by atoms with Crippen LogP contribution in [0.15, 0.2) is 18.1 Å². The zero-order valence-electron chi connectivity index (χ0n) is 4.70. The second-order valence-corrected chi connectivity index (χ2v) is 1.57.